The molecule has 10 heteroatoms. The van der Waals surface area contributed by atoms with Crippen LogP contribution in [0.2, 0.25) is 5.02 Å². The van der Waals surface area contributed by atoms with E-state index >= 15 is 0 Å². The second kappa shape index (κ2) is 9.02. The number of carbonyl (C=O) groups is 4. The van der Waals surface area contributed by atoms with E-state index in [0.29, 0.717) is 17.3 Å². The Kier molecular flexibility index (Phi) is 6.43. The molecule has 0 radical (unpaired) electrons. The van der Waals surface area contributed by atoms with Crippen molar-refractivity contribution >= 4 is 52.5 Å². The molecule has 0 unspecified atom stereocenters. The molecule has 3 rings (SSSR count). The molecule has 0 bridgehead atoms. The summed E-state index contributed by atoms with van der Waals surface area (Å²) >= 11 is 6.71. The van der Waals surface area contributed by atoms with E-state index in [1.165, 1.54) is 31.4 Å². The molecule has 3 amide bonds. The number of thioether (sulfide) groups is 1. The monoisotopic (exact) mass is 446 g/mol. The fourth-order valence-electron chi connectivity index (χ4n) is 2.58. The average molecular weight is 447 g/mol. The van der Waals surface area contributed by atoms with Gasteiger partial charge in [0.1, 0.15) is 6.54 Å². The van der Waals surface area contributed by atoms with E-state index in [4.69, 9.17) is 26.8 Å². The maximum atomic E-state index is 12.4. The van der Waals surface area contributed by atoms with Gasteiger partial charge in [0, 0.05) is 0 Å². The van der Waals surface area contributed by atoms with Crippen LogP contribution in [0.4, 0.5) is 4.79 Å². The molecule has 2 aromatic carbocycles. The number of hydrogen-bond acceptors (Lipinski definition) is 7. The molecule has 30 heavy (non-hydrogen) atoms. The molecule has 0 aromatic heterocycles. The second-order valence-corrected chi connectivity index (χ2v) is 7.41. The summed E-state index contributed by atoms with van der Waals surface area (Å²) in [5.41, 5.74) is 5.78. The molecule has 2 N–H and O–H groups in total. The molecule has 0 saturated carbocycles. The molecule has 2 aromatic rings. The summed E-state index contributed by atoms with van der Waals surface area (Å²) < 4.78 is 10.6. The molecule has 8 nitrogen and oxygen atoms in total. The van der Waals surface area contributed by atoms with Crippen LogP contribution in [0.3, 0.4) is 0 Å². The van der Waals surface area contributed by atoms with Crippen molar-refractivity contribution in [1.29, 1.82) is 0 Å². The van der Waals surface area contributed by atoms with Crippen LogP contribution in [0, 0.1) is 0 Å². The Balaban J connectivity index is 1.82. The van der Waals surface area contributed by atoms with Crippen LogP contribution in [0.15, 0.2) is 47.4 Å². The van der Waals surface area contributed by atoms with Gasteiger partial charge in [-0.25, -0.2) is 4.79 Å². The number of esters is 1. The van der Waals surface area contributed by atoms with Crippen molar-refractivity contribution in [2.75, 3.05) is 13.7 Å². The van der Waals surface area contributed by atoms with Gasteiger partial charge in [0.25, 0.3) is 11.1 Å². The lowest BCUT2D eigenvalue weighted by atomic mass is 10.1. The third-order valence-corrected chi connectivity index (χ3v) is 5.21. The van der Waals surface area contributed by atoms with Crippen LogP contribution < -0.4 is 15.2 Å². The Bertz CT molecular complexity index is 1080. The standard InChI is InChI=1S/C20H15ClN2O6S/c1-28-15-8-11(9-16-18(25)23(10-17(22)24)20(27)30-16)6-7-14(15)29-19(26)12-4-2-3-5-13(12)21/h2-9H,10H2,1H3,(H2,22,24)/b16-9-. The van der Waals surface area contributed by atoms with Gasteiger partial charge >= 0.3 is 5.97 Å². The van der Waals surface area contributed by atoms with Gasteiger partial charge in [0.05, 0.1) is 22.6 Å². The summed E-state index contributed by atoms with van der Waals surface area (Å²) in [6.07, 6.45) is 1.47. The molecule has 1 fully saturated rings. The maximum Gasteiger partial charge on any atom is 0.345 e. The highest BCUT2D eigenvalue weighted by atomic mass is 35.5. The summed E-state index contributed by atoms with van der Waals surface area (Å²) in [5, 5.41) is -0.327. The number of nitrogens with zero attached hydrogens (tertiary/aromatic N) is 1. The van der Waals surface area contributed by atoms with Crippen molar-refractivity contribution in [3.63, 3.8) is 0 Å². The van der Waals surface area contributed by atoms with E-state index in [9.17, 15) is 19.2 Å². The number of amides is 3. The van der Waals surface area contributed by atoms with Gasteiger partial charge in [-0.2, -0.15) is 0 Å². The number of rotatable bonds is 6. The van der Waals surface area contributed by atoms with E-state index in [-0.39, 0.29) is 27.0 Å². The zero-order valence-electron chi connectivity index (χ0n) is 15.6. The minimum Gasteiger partial charge on any atom is -0.493 e. The topological polar surface area (TPSA) is 116 Å². The van der Waals surface area contributed by atoms with Crippen LogP contribution in [0.1, 0.15) is 15.9 Å². The molecule has 154 valence electrons. The molecule has 0 aliphatic carbocycles. The van der Waals surface area contributed by atoms with Gasteiger partial charge in [0.2, 0.25) is 5.91 Å². The Morgan fingerprint density at radius 3 is 2.57 bits per heavy atom. The number of hydrogen-bond donors (Lipinski definition) is 1. The van der Waals surface area contributed by atoms with E-state index in [1.54, 1.807) is 24.3 Å². The largest absolute Gasteiger partial charge is 0.493 e. The maximum absolute atomic E-state index is 12.4. The average Bonchev–Trinajstić information content (AvgIpc) is 2.96. The number of imide groups is 1. The molecular formula is C20H15ClN2O6S. The van der Waals surface area contributed by atoms with Crippen molar-refractivity contribution in [3.05, 3.63) is 63.5 Å². The third kappa shape index (κ3) is 4.64. The first kappa shape index (κ1) is 21.4. The van der Waals surface area contributed by atoms with E-state index in [1.807, 2.05) is 0 Å². The van der Waals surface area contributed by atoms with Crippen molar-refractivity contribution in [2.24, 2.45) is 5.73 Å². The Morgan fingerprint density at radius 2 is 1.90 bits per heavy atom. The van der Waals surface area contributed by atoms with E-state index < -0.39 is 29.6 Å². The van der Waals surface area contributed by atoms with Crippen molar-refractivity contribution in [2.45, 2.75) is 0 Å². The number of carbonyl (C=O) groups excluding carboxylic acids is 4. The van der Waals surface area contributed by atoms with Crippen LogP contribution in [-0.4, -0.2) is 41.6 Å². The van der Waals surface area contributed by atoms with Crippen LogP contribution >= 0.6 is 23.4 Å². The van der Waals surface area contributed by atoms with Gasteiger partial charge in [-0.05, 0) is 47.7 Å². The first-order chi connectivity index (χ1) is 14.3. The number of methoxy groups -OCH3 is 1. The minimum atomic E-state index is -0.787. The zero-order valence-corrected chi connectivity index (χ0v) is 17.2. The molecule has 1 saturated heterocycles. The predicted molar refractivity (Wildman–Crippen MR) is 111 cm³/mol. The van der Waals surface area contributed by atoms with Gasteiger partial charge in [-0.3, -0.25) is 19.3 Å². The lowest BCUT2D eigenvalue weighted by Gasteiger charge is -2.11. The third-order valence-electron chi connectivity index (χ3n) is 3.97. The highest BCUT2D eigenvalue weighted by Gasteiger charge is 2.35. The fraction of sp³-hybridized carbons (Fsp3) is 0.100. The number of nitrogens with two attached hydrogens (primary N) is 1. The van der Waals surface area contributed by atoms with Crippen molar-refractivity contribution in [1.82, 2.24) is 4.90 Å². The lowest BCUT2D eigenvalue weighted by molar-refractivity contribution is -0.127. The number of primary amides is 1. The predicted octanol–water partition coefficient (Wildman–Crippen LogP) is 3.09. The summed E-state index contributed by atoms with van der Waals surface area (Å²) in [6, 6.07) is 11.1. The first-order valence-corrected chi connectivity index (χ1v) is 9.68. The SMILES string of the molecule is COc1cc(/C=C2\SC(=O)N(CC(N)=O)C2=O)ccc1OC(=O)c1ccccc1Cl. The fourth-order valence-corrected chi connectivity index (χ4v) is 3.63. The Labute approximate surface area is 180 Å². The smallest absolute Gasteiger partial charge is 0.345 e. The minimum absolute atomic E-state index is 0.129. The molecule has 0 atom stereocenters. The summed E-state index contributed by atoms with van der Waals surface area (Å²) in [6.45, 7) is -0.484. The van der Waals surface area contributed by atoms with Gasteiger partial charge in [-0.15, -0.1) is 0 Å². The number of ether oxygens (including phenoxy) is 2. The second-order valence-electron chi connectivity index (χ2n) is 6.01. The summed E-state index contributed by atoms with van der Waals surface area (Å²) in [4.78, 5) is 48.5. The Hall–Kier alpha value is -3.30. The summed E-state index contributed by atoms with van der Waals surface area (Å²) in [5.74, 6) is -1.66. The normalized spacial score (nSPS) is 14.9. The highest BCUT2D eigenvalue weighted by Crippen LogP contribution is 2.34. The molecule has 1 heterocycles. The molecule has 1 aliphatic heterocycles. The number of halogens is 1. The van der Waals surface area contributed by atoms with E-state index in [0.717, 1.165) is 4.90 Å². The van der Waals surface area contributed by atoms with Gasteiger partial charge in [0.15, 0.2) is 11.5 Å². The van der Waals surface area contributed by atoms with Gasteiger partial charge in [-0.1, -0.05) is 29.8 Å². The Morgan fingerprint density at radius 1 is 1.17 bits per heavy atom. The van der Waals surface area contributed by atoms with Crippen molar-refractivity contribution < 1.29 is 28.7 Å². The zero-order chi connectivity index (χ0) is 21.8. The highest BCUT2D eigenvalue weighted by molar-refractivity contribution is 8.18. The quantitative estimate of drug-likeness (QED) is 0.411. The van der Waals surface area contributed by atoms with Crippen LogP contribution in [0.25, 0.3) is 6.08 Å². The molecule has 0 spiro atoms. The first-order valence-electron chi connectivity index (χ1n) is 8.48. The molecular weight excluding hydrogens is 432 g/mol. The molecule has 1 aliphatic rings. The van der Waals surface area contributed by atoms with Gasteiger partial charge < -0.3 is 15.2 Å². The summed E-state index contributed by atoms with van der Waals surface area (Å²) in [7, 11) is 1.40. The lowest BCUT2D eigenvalue weighted by Crippen LogP contribution is -2.36. The van der Waals surface area contributed by atoms with Crippen LogP contribution in [-0.2, 0) is 9.59 Å². The number of benzene rings is 2. The van der Waals surface area contributed by atoms with Crippen molar-refractivity contribution in [3.8, 4) is 11.5 Å². The van der Waals surface area contributed by atoms with E-state index in [2.05, 4.69) is 0 Å². The van der Waals surface area contributed by atoms with Crippen LogP contribution in [0.5, 0.6) is 11.5 Å².